The molecule has 0 aromatic rings. The topological polar surface area (TPSA) is 0 Å². The van der Waals surface area contributed by atoms with Crippen molar-refractivity contribution in [2.75, 3.05) is 0 Å². The second-order valence-electron chi connectivity index (χ2n) is 12.2. The van der Waals surface area contributed by atoms with E-state index in [1.807, 2.05) is 13.8 Å². The highest BCUT2D eigenvalue weighted by atomic mass is 14.5. The van der Waals surface area contributed by atoms with Crippen LogP contribution in [0.3, 0.4) is 0 Å². The summed E-state index contributed by atoms with van der Waals surface area (Å²) in [6, 6.07) is 0. The Labute approximate surface area is 170 Å². The van der Waals surface area contributed by atoms with E-state index in [0.717, 1.165) is 0 Å². The molecule has 162 valence electrons. The number of hydrogen-bond acceptors (Lipinski definition) is 0. The molecule has 26 heavy (non-hydrogen) atoms. The number of hydrogen-bond donors (Lipinski definition) is 0. The van der Waals surface area contributed by atoms with Crippen LogP contribution >= 0.6 is 0 Å². The van der Waals surface area contributed by atoms with E-state index in [2.05, 4.69) is 124 Å². The van der Waals surface area contributed by atoms with Gasteiger partial charge in [0.05, 0.1) is 0 Å². The maximum Gasteiger partial charge on any atom is -0.0257 e. The first kappa shape index (κ1) is 33.3. The molecule has 0 aromatic carbocycles. The van der Waals surface area contributed by atoms with Gasteiger partial charge in [-0.25, -0.2) is 0 Å². The summed E-state index contributed by atoms with van der Waals surface area (Å²) in [5.74, 6) is 0. The van der Waals surface area contributed by atoms with Crippen molar-refractivity contribution in [3.63, 3.8) is 0 Å². The van der Waals surface area contributed by atoms with Crippen molar-refractivity contribution in [2.45, 2.75) is 125 Å². The monoisotopic (exact) mass is 370 g/mol. The molecule has 0 fully saturated rings. The van der Waals surface area contributed by atoms with Gasteiger partial charge in [0.25, 0.3) is 0 Å². The molecule has 0 bridgehead atoms. The van der Waals surface area contributed by atoms with E-state index >= 15 is 0 Å². The van der Waals surface area contributed by atoms with Crippen molar-refractivity contribution in [1.82, 2.24) is 0 Å². The molecule has 0 radical (unpaired) electrons. The molecule has 0 aliphatic heterocycles. The predicted octanol–water partition coefficient (Wildman–Crippen LogP) is 10.0. The normalized spacial score (nSPS) is 13.3. The SMILES string of the molecule is C=C.CC.CC(C)(C)C(C)(C)C(C)(C)C.CC(C)(C)C(C)(C)C(C)(C)C. The van der Waals surface area contributed by atoms with Crippen LogP contribution in [0.2, 0.25) is 0 Å². The number of rotatable bonds is 0. The molecule has 0 spiro atoms. The Hall–Kier alpha value is -0.260. The highest BCUT2D eigenvalue weighted by Crippen LogP contribution is 2.51. The minimum Gasteiger partial charge on any atom is -0.106 e. The Balaban J connectivity index is -0.000000156. The quantitative estimate of drug-likeness (QED) is 0.372. The second-order valence-corrected chi connectivity index (χ2v) is 12.2. The van der Waals surface area contributed by atoms with Crippen LogP contribution in [-0.4, -0.2) is 0 Å². The van der Waals surface area contributed by atoms with Crippen LogP contribution in [0.15, 0.2) is 13.2 Å². The fraction of sp³-hybridized carbons (Fsp3) is 0.923. The fourth-order valence-corrected chi connectivity index (χ4v) is 2.25. The van der Waals surface area contributed by atoms with Crippen molar-refractivity contribution in [3.05, 3.63) is 13.2 Å². The summed E-state index contributed by atoms with van der Waals surface area (Å²) in [5.41, 5.74) is 2.27. The van der Waals surface area contributed by atoms with Gasteiger partial charge in [0.1, 0.15) is 0 Å². The highest BCUT2D eigenvalue weighted by molar-refractivity contribution is 4.92. The summed E-state index contributed by atoms with van der Waals surface area (Å²) < 4.78 is 0. The predicted molar refractivity (Wildman–Crippen MR) is 128 cm³/mol. The van der Waals surface area contributed by atoms with Gasteiger partial charge in [-0.3, -0.25) is 0 Å². The molecule has 0 rings (SSSR count). The van der Waals surface area contributed by atoms with Gasteiger partial charge >= 0.3 is 0 Å². The lowest BCUT2D eigenvalue weighted by Gasteiger charge is -2.49. The summed E-state index contributed by atoms with van der Waals surface area (Å²) in [6.45, 7) is 47.2. The molecule has 0 aliphatic carbocycles. The van der Waals surface area contributed by atoms with Crippen molar-refractivity contribution in [3.8, 4) is 0 Å². The maximum absolute atomic E-state index is 3.00. The van der Waals surface area contributed by atoms with Crippen molar-refractivity contribution in [1.29, 1.82) is 0 Å². The first-order valence-electron chi connectivity index (χ1n) is 10.5. The summed E-state index contributed by atoms with van der Waals surface area (Å²) in [7, 11) is 0. The third-order valence-corrected chi connectivity index (χ3v) is 7.50. The van der Waals surface area contributed by atoms with Crippen molar-refractivity contribution >= 4 is 0 Å². The minimum atomic E-state index is 0.375. The molecule has 0 nitrogen and oxygen atoms in total. The minimum absolute atomic E-state index is 0.375. The Morgan fingerprint density at radius 2 is 0.385 bits per heavy atom. The van der Waals surface area contributed by atoms with Gasteiger partial charge in [0, 0.05) is 0 Å². The molecule has 0 saturated carbocycles. The Bertz CT molecular complexity index is 271. The molecular formula is C26H58. The van der Waals surface area contributed by atoms with E-state index in [4.69, 9.17) is 0 Å². The first-order chi connectivity index (χ1) is 11.0. The van der Waals surface area contributed by atoms with Gasteiger partial charge < -0.3 is 0 Å². The maximum atomic E-state index is 3.00. The van der Waals surface area contributed by atoms with Crippen molar-refractivity contribution in [2.24, 2.45) is 32.5 Å². The van der Waals surface area contributed by atoms with E-state index in [-0.39, 0.29) is 0 Å². The molecule has 0 aliphatic rings. The lowest BCUT2D eigenvalue weighted by atomic mass is 9.56. The summed E-state index contributed by atoms with van der Waals surface area (Å²) in [4.78, 5) is 0. The zero-order chi connectivity index (χ0) is 23.0. The average Bonchev–Trinajstić information content (AvgIpc) is 2.39. The molecule has 0 saturated heterocycles. The molecule has 0 unspecified atom stereocenters. The summed E-state index contributed by atoms with van der Waals surface area (Å²) in [5, 5.41) is 0. The van der Waals surface area contributed by atoms with Crippen molar-refractivity contribution < 1.29 is 0 Å². The van der Waals surface area contributed by atoms with E-state index < -0.39 is 0 Å². The van der Waals surface area contributed by atoms with E-state index in [1.165, 1.54) is 0 Å². The van der Waals surface area contributed by atoms with Crippen LogP contribution in [0.1, 0.15) is 125 Å². The largest absolute Gasteiger partial charge is 0.106 e. The Kier molecular flexibility index (Phi) is 14.0. The van der Waals surface area contributed by atoms with E-state index in [1.54, 1.807) is 0 Å². The second kappa shape index (κ2) is 10.9. The summed E-state index contributed by atoms with van der Waals surface area (Å²) >= 11 is 0. The molecule has 0 N–H and O–H groups in total. The molecular weight excluding hydrogens is 312 g/mol. The molecule has 0 atom stereocenters. The highest BCUT2D eigenvalue weighted by Gasteiger charge is 2.43. The molecule has 0 heteroatoms. The van der Waals surface area contributed by atoms with Gasteiger partial charge in [-0.1, -0.05) is 125 Å². The third kappa shape index (κ3) is 9.61. The summed E-state index contributed by atoms with van der Waals surface area (Å²) in [6.07, 6.45) is 0. The lowest BCUT2D eigenvalue weighted by molar-refractivity contribution is 0.00566. The smallest absolute Gasteiger partial charge is 0.0257 e. The fourth-order valence-electron chi connectivity index (χ4n) is 2.25. The van der Waals surface area contributed by atoms with E-state index in [9.17, 15) is 0 Å². The van der Waals surface area contributed by atoms with Gasteiger partial charge in [0.15, 0.2) is 0 Å². The lowest BCUT2D eigenvalue weighted by Crippen LogP contribution is -2.41. The zero-order valence-electron chi connectivity index (χ0n) is 22.4. The zero-order valence-corrected chi connectivity index (χ0v) is 22.4. The molecule has 0 amide bonds. The van der Waals surface area contributed by atoms with Gasteiger partial charge in [-0.15, -0.1) is 13.2 Å². The van der Waals surface area contributed by atoms with Crippen LogP contribution < -0.4 is 0 Å². The molecule has 0 heterocycles. The third-order valence-electron chi connectivity index (χ3n) is 7.50. The van der Waals surface area contributed by atoms with Gasteiger partial charge in [-0.2, -0.15) is 0 Å². The van der Waals surface area contributed by atoms with Crippen LogP contribution in [0.25, 0.3) is 0 Å². The standard InChI is InChI=1S/2C11H24.C2H6.C2H4/c2*1-9(2,3)11(7,8)10(4,5)6;2*1-2/h2*1-8H3;1-2H3;1-2H2. The average molecular weight is 371 g/mol. The van der Waals surface area contributed by atoms with Gasteiger partial charge in [0.2, 0.25) is 0 Å². The van der Waals surface area contributed by atoms with Crippen LogP contribution in [0, 0.1) is 32.5 Å². The van der Waals surface area contributed by atoms with Crippen LogP contribution in [0.4, 0.5) is 0 Å². The Morgan fingerprint density at radius 1 is 0.308 bits per heavy atom. The van der Waals surface area contributed by atoms with Crippen LogP contribution in [-0.2, 0) is 0 Å². The van der Waals surface area contributed by atoms with E-state index in [0.29, 0.717) is 32.5 Å². The molecule has 0 aromatic heterocycles. The first-order valence-corrected chi connectivity index (χ1v) is 10.5. The van der Waals surface area contributed by atoms with Crippen LogP contribution in [0.5, 0.6) is 0 Å². The van der Waals surface area contributed by atoms with Gasteiger partial charge in [-0.05, 0) is 32.5 Å². The Morgan fingerprint density at radius 3 is 0.385 bits per heavy atom.